The van der Waals surface area contributed by atoms with E-state index in [1.54, 1.807) is 18.4 Å². The summed E-state index contributed by atoms with van der Waals surface area (Å²) in [5, 5.41) is 8.47. The standard InChI is InChI=1S/C18H22N2O2S/c1-22-13-18(7-9-19-10-8-18)17(21)20-15-5-2-4-14(12-15)16-6-3-11-23-16/h2-6,11-12,19H,7-10,13H2,1H3,(H,20,21). The molecule has 1 fully saturated rings. The number of nitrogens with one attached hydrogen (secondary N) is 2. The predicted molar refractivity (Wildman–Crippen MR) is 94.8 cm³/mol. The SMILES string of the molecule is COCC1(C(=O)Nc2cccc(-c3cccs3)c2)CCNCC1. The van der Waals surface area contributed by atoms with Crippen molar-refractivity contribution in [3.63, 3.8) is 0 Å². The molecule has 2 aromatic rings. The maximum absolute atomic E-state index is 12.9. The molecule has 2 N–H and O–H groups in total. The van der Waals surface area contributed by atoms with Crippen LogP contribution in [0.1, 0.15) is 12.8 Å². The van der Waals surface area contributed by atoms with Crippen LogP contribution in [0.15, 0.2) is 41.8 Å². The summed E-state index contributed by atoms with van der Waals surface area (Å²) < 4.78 is 5.34. The zero-order valence-electron chi connectivity index (χ0n) is 13.3. The molecular weight excluding hydrogens is 308 g/mol. The topological polar surface area (TPSA) is 50.4 Å². The highest BCUT2D eigenvalue weighted by Gasteiger charge is 2.39. The van der Waals surface area contributed by atoms with E-state index in [9.17, 15) is 4.79 Å². The van der Waals surface area contributed by atoms with E-state index in [0.29, 0.717) is 6.61 Å². The number of thiophene rings is 1. The Morgan fingerprint density at radius 1 is 1.30 bits per heavy atom. The Morgan fingerprint density at radius 2 is 2.13 bits per heavy atom. The predicted octanol–water partition coefficient (Wildman–Crippen LogP) is 3.37. The van der Waals surface area contributed by atoms with Crippen molar-refractivity contribution in [1.82, 2.24) is 5.32 Å². The molecule has 23 heavy (non-hydrogen) atoms. The first-order valence-electron chi connectivity index (χ1n) is 7.89. The van der Waals surface area contributed by atoms with Gasteiger partial charge >= 0.3 is 0 Å². The van der Waals surface area contributed by atoms with Crippen molar-refractivity contribution in [3.05, 3.63) is 41.8 Å². The van der Waals surface area contributed by atoms with Gasteiger partial charge in [-0.2, -0.15) is 0 Å². The second-order valence-corrected chi connectivity index (χ2v) is 6.92. The molecule has 1 aromatic carbocycles. The molecule has 0 radical (unpaired) electrons. The lowest BCUT2D eigenvalue weighted by molar-refractivity contribution is -0.130. The number of carbonyl (C=O) groups is 1. The minimum atomic E-state index is -0.432. The second-order valence-electron chi connectivity index (χ2n) is 5.98. The zero-order valence-corrected chi connectivity index (χ0v) is 14.1. The van der Waals surface area contributed by atoms with Gasteiger partial charge in [-0.3, -0.25) is 4.79 Å². The molecular formula is C18H22N2O2S. The molecule has 0 aliphatic carbocycles. The third-order valence-electron chi connectivity index (χ3n) is 4.39. The third kappa shape index (κ3) is 3.63. The van der Waals surface area contributed by atoms with Gasteiger partial charge in [0.15, 0.2) is 0 Å². The van der Waals surface area contributed by atoms with Crippen LogP contribution in [0.25, 0.3) is 10.4 Å². The van der Waals surface area contributed by atoms with Gasteiger partial charge in [0.1, 0.15) is 0 Å². The van der Waals surface area contributed by atoms with Crippen molar-refractivity contribution in [2.24, 2.45) is 5.41 Å². The van der Waals surface area contributed by atoms with E-state index in [1.807, 2.05) is 24.3 Å². The molecule has 1 amide bonds. The molecule has 2 heterocycles. The van der Waals surface area contributed by atoms with Crippen molar-refractivity contribution in [1.29, 1.82) is 0 Å². The van der Waals surface area contributed by atoms with Gasteiger partial charge in [0.25, 0.3) is 0 Å². The van der Waals surface area contributed by atoms with Crippen molar-refractivity contribution in [2.75, 3.05) is 32.1 Å². The van der Waals surface area contributed by atoms with Crippen LogP contribution in [0.3, 0.4) is 0 Å². The van der Waals surface area contributed by atoms with Crippen molar-refractivity contribution < 1.29 is 9.53 Å². The average Bonchev–Trinajstić information content (AvgIpc) is 3.11. The number of hydrogen-bond donors (Lipinski definition) is 2. The van der Waals surface area contributed by atoms with E-state index < -0.39 is 5.41 Å². The number of amides is 1. The van der Waals surface area contributed by atoms with Gasteiger partial charge in [0.2, 0.25) is 5.91 Å². The van der Waals surface area contributed by atoms with Crippen LogP contribution < -0.4 is 10.6 Å². The van der Waals surface area contributed by atoms with Crippen LogP contribution >= 0.6 is 11.3 Å². The summed E-state index contributed by atoms with van der Waals surface area (Å²) in [4.78, 5) is 14.1. The molecule has 1 aliphatic heterocycles. The minimum absolute atomic E-state index is 0.0594. The van der Waals surface area contributed by atoms with Crippen LogP contribution in [0.5, 0.6) is 0 Å². The van der Waals surface area contributed by atoms with E-state index in [-0.39, 0.29) is 5.91 Å². The molecule has 0 saturated carbocycles. The van der Waals surface area contributed by atoms with Gasteiger partial charge in [-0.25, -0.2) is 0 Å². The molecule has 0 unspecified atom stereocenters. The zero-order chi connectivity index (χ0) is 16.1. The number of piperidine rings is 1. The maximum Gasteiger partial charge on any atom is 0.233 e. The smallest absolute Gasteiger partial charge is 0.233 e. The second kappa shape index (κ2) is 7.25. The molecule has 0 spiro atoms. The van der Waals surface area contributed by atoms with Gasteiger partial charge in [-0.05, 0) is 55.1 Å². The summed E-state index contributed by atoms with van der Waals surface area (Å²) >= 11 is 1.70. The van der Waals surface area contributed by atoms with Crippen LogP contribution in [0.4, 0.5) is 5.69 Å². The van der Waals surface area contributed by atoms with Crippen LogP contribution in [-0.2, 0) is 9.53 Å². The quantitative estimate of drug-likeness (QED) is 0.884. The van der Waals surface area contributed by atoms with Gasteiger partial charge in [-0.1, -0.05) is 18.2 Å². The number of hydrogen-bond acceptors (Lipinski definition) is 4. The fraction of sp³-hybridized carbons (Fsp3) is 0.389. The number of benzene rings is 1. The monoisotopic (exact) mass is 330 g/mol. The molecule has 0 bridgehead atoms. The Kier molecular flexibility index (Phi) is 5.10. The molecule has 4 nitrogen and oxygen atoms in total. The molecule has 1 aliphatic rings. The van der Waals surface area contributed by atoms with E-state index >= 15 is 0 Å². The Balaban J connectivity index is 1.77. The Labute approximate surface area is 140 Å². The lowest BCUT2D eigenvalue weighted by Gasteiger charge is -2.35. The molecule has 5 heteroatoms. The Hall–Kier alpha value is -1.69. The van der Waals surface area contributed by atoms with Crippen molar-refractivity contribution in [2.45, 2.75) is 12.8 Å². The lowest BCUT2D eigenvalue weighted by atomic mass is 9.78. The first kappa shape index (κ1) is 16.2. The minimum Gasteiger partial charge on any atom is -0.384 e. The molecule has 3 rings (SSSR count). The summed E-state index contributed by atoms with van der Waals surface area (Å²) in [5.74, 6) is 0.0594. The number of ether oxygens (including phenoxy) is 1. The van der Waals surface area contributed by atoms with Crippen LogP contribution in [-0.4, -0.2) is 32.7 Å². The number of methoxy groups -OCH3 is 1. The number of carbonyl (C=O) groups excluding carboxylic acids is 1. The van der Waals surface area contributed by atoms with Gasteiger partial charge in [-0.15, -0.1) is 11.3 Å². The molecule has 1 aromatic heterocycles. The summed E-state index contributed by atoms with van der Waals surface area (Å²) in [6, 6.07) is 12.1. The van der Waals surface area contributed by atoms with Crippen LogP contribution in [0, 0.1) is 5.41 Å². The van der Waals surface area contributed by atoms with Crippen molar-refractivity contribution >= 4 is 22.9 Å². The van der Waals surface area contributed by atoms with Crippen LogP contribution in [0.2, 0.25) is 0 Å². The highest BCUT2D eigenvalue weighted by atomic mass is 32.1. The molecule has 0 atom stereocenters. The Bertz CT molecular complexity index is 643. The largest absolute Gasteiger partial charge is 0.384 e. The highest BCUT2D eigenvalue weighted by molar-refractivity contribution is 7.13. The van der Waals surface area contributed by atoms with E-state index in [0.717, 1.165) is 37.2 Å². The van der Waals surface area contributed by atoms with E-state index in [1.165, 1.54) is 4.88 Å². The van der Waals surface area contributed by atoms with Gasteiger partial charge < -0.3 is 15.4 Å². The fourth-order valence-corrected chi connectivity index (χ4v) is 3.80. The highest BCUT2D eigenvalue weighted by Crippen LogP contribution is 2.32. The lowest BCUT2D eigenvalue weighted by Crippen LogP contribution is -2.47. The first-order chi connectivity index (χ1) is 11.2. The maximum atomic E-state index is 12.9. The van der Waals surface area contributed by atoms with Crippen molar-refractivity contribution in [3.8, 4) is 10.4 Å². The Morgan fingerprint density at radius 3 is 2.83 bits per heavy atom. The molecule has 122 valence electrons. The van der Waals surface area contributed by atoms with Gasteiger partial charge in [0, 0.05) is 17.7 Å². The average molecular weight is 330 g/mol. The first-order valence-corrected chi connectivity index (χ1v) is 8.77. The normalized spacial score (nSPS) is 16.9. The summed E-state index contributed by atoms with van der Waals surface area (Å²) in [7, 11) is 1.66. The number of rotatable bonds is 5. The third-order valence-corrected chi connectivity index (χ3v) is 5.31. The van der Waals surface area contributed by atoms with E-state index in [4.69, 9.17) is 4.74 Å². The van der Waals surface area contributed by atoms with E-state index in [2.05, 4.69) is 28.1 Å². The summed E-state index contributed by atoms with van der Waals surface area (Å²) in [5.41, 5.74) is 1.54. The fourth-order valence-electron chi connectivity index (χ4n) is 3.08. The summed E-state index contributed by atoms with van der Waals surface area (Å²) in [6.07, 6.45) is 1.61. The number of anilines is 1. The van der Waals surface area contributed by atoms with Gasteiger partial charge in [0.05, 0.1) is 12.0 Å². The summed E-state index contributed by atoms with van der Waals surface area (Å²) in [6.45, 7) is 2.17. The molecule has 1 saturated heterocycles.